The van der Waals surface area contributed by atoms with Gasteiger partial charge in [0.25, 0.3) is 0 Å². The van der Waals surface area contributed by atoms with Crippen molar-refractivity contribution in [2.45, 2.75) is 19.5 Å². The van der Waals surface area contributed by atoms with Gasteiger partial charge in [-0.25, -0.2) is 0 Å². The van der Waals surface area contributed by atoms with Crippen LogP contribution in [0.1, 0.15) is 24.1 Å². The molecule has 0 aromatic heterocycles. The van der Waals surface area contributed by atoms with E-state index in [1.807, 2.05) is 0 Å². The molecule has 0 N–H and O–H groups in total. The van der Waals surface area contributed by atoms with Crippen LogP contribution in [0.2, 0.25) is 0 Å². The van der Waals surface area contributed by atoms with Gasteiger partial charge in [0.15, 0.2) is 0 Å². The van der Waals surface area contributed by atoms with Gasteiger partial charge in [0.2, 0.25) is 0 Å². The number of hydrogen-bond donors (Lipinski definition) is 0. The van der Waals surface area contributed by atoms with Crippen molar-refractivity contribution in [1.29, 1.82) is 0 Å². The zero-order valence-corrected chi connectivity index (χ0v) is 8.93. The van der Waals surface area contributed by atoms with E-state index < -0.39 is 0 Å². The van der Waals surface area contributed by atoms with Gasteiger partial charge in [-0.05, 0) is 37.2 Å². The molecular weight excluding hydrogens is 214 g/mol. The summed E-state index contributed by atoms with van der Waals surface area (Å²) in [7, 11) is 2.17. The summed E-state index contributed by atoms with van der Waals surface area (Å²) in [6.45, 7) is 3.34. The lowest BCUT2D eigenvalue weighted by molar-refractivity contribution is 0.286. The molecule has 0 bridgehead atoms. The van der Waals surface area contributed by atoms with Crippen LogP contribution < -0.4 is 0 Å². The summed E-state index contributed by atoms with van der Waals surface area (Å²) in [5, 5.41) is 0. The molecule has 1 atom stereocenters. The Balaban J connectivity index is 2.48. The first kappa shape index (κ1) is 8.27. The summed E-state index contributed by atoms with van der Waals surface area (Å²) in [6.07, 6.45) is 0. The fraction of sp³-hybridized carbons (Fsp3) is 0.400. The predicted molar refractivity (Wildman–Crippen MR) is 54.0 cm³/mol. The lowest BCUT2D eigenvalue weighted by Gasteiger charge is -2.14. The summed E-state index contributed by atoms with van der Waals surface area (Å²) >= 11 is 3.49. The van der Waals surface area contributed by atoms with Crippen molar-refractivity contribution >= 4 is 15.9 Å². The second-order valence-electron chi connectivity index (χ2n) is 3.43. The number of benzene rings is 1. The van der Waals surface area contributed by atoms with Gasteiger partial charge in [0.05, 0.1) is 0 Å². The van der Waals surface area contributed by atoms with E-state index in [-0.39, 0.29) is 0 Å². The van der Waals surface area contributed by atoms with Crippen LogP contribution in [-0.2, 0) is 6.54 Å². The molecule has 1 unspecified atom stereocenters. The van der Waals surface area contributed by atoms with Gasteiger partial charge in [-0.1, -0.05) is 22.0 Å². The maximum atomic E-state index is 3.49. The highest BCUT2D eigenvalue weighted by atomic mass is 79.9. The highest BCUT2D eigenvalue weighted by Crippen LogP contribution is 2.33. The molecule has 1 nitrogen and oxygen atoms in total. The molecule has 1 aliphatic rings. The zero-order valence-electron chi connectivity index (χ0n) is 7.34. The van der Waals surface area contributed by atoms with Crippen molar-refractivity contribution < 1.29 is 0 Å². The Hall–Kier alpha value is -0.340. The lowest BCUT2D eigenvalue weighted by atomic mass is 10.1. The highest BCUT2D eigenvalue weighted by molar-refractivity contribution is 9.10. The minimum Gasteiger partial charge on any atom is -0.295 e. The maximum Gasteiger partial charge on any atom is 0.0324 e. The van der Waals surface area contributed by atoms with Crippen LogP contribution in [0.15, 0.2) is 22.7 Å². The molecule has 1 aliphatic heterocycles. The van der Waals surface area contributed by atoms with E-state index in [0.717, 1.165) is 6.54 Å². The Bertz CT molecular complexity index is 309. The first-order valence-corrected chi connectivity index (χ1v) is 4.96. The van der Waals surface area contributed by atoms with Gasteiger partial charge in [0, 0.05) is 17.1 Å². The minimum absolute atomic E-state index is 0.567. The SMILES string of the molecule is CC1c2cc(Br)ccc2CN1C. The van der Waals surface area contributed by atoms with Gasteiger partial charge < -0.3 is 0 Å². The Morgan fingerprint density at radius 1 is 1.50 bits per heavy atom. The fourth-order valence-electron chi connectivity index (χ4n) is 1.74. The molecule has 0 amide bonds. The van der Waals surface area contributed by atoms with Gasteiger partial charge in [-0.2, -0.15) is 0 Å². The Morgan fingerprint density at radius 2 is 2.25 bits per heavy atom. The van der Waals surface area contributed by atoms with Crippen LogP contribution in [0.25, 0.3) is 0 Å². The van der Waals surface area contributed by atoms with Gasteiger partial charge in [0.1, 0.15) is 0 Å². The lowest BCUT2D eigenvalue weighted by Crippen LogP contribution is -2.12. The molecule has 0 radical (unpaired) electrons. The first-order chi connectivity index (χ1) is 5.68. The molecule has 1 aromatic rings. The van der Waals surface area contributed by atoms with Crippen LogP contribution >= 0.6 is 15.9 Å². The van der Waals surface area contributed by atoms with Crippen molar-refractivity contribution in [3.63, 3.8) is 0 Å². The second kappa shape index (κ2) is 2.86. The van der Waals surface area contributed by atoms with Crippen molar-refractivity contribution in [2.24, 2.45) is 0 Å². The summed E-state index contributed by atoms with van der Waals surface area (Å²) in [4.78, 5) is 2.36. The van der Waals surface area contributed by atoms with Crippen molar-refractivity contribution in [2.75, 3.05) is 7.05 Å². The number of rotatable bonds is 0. The van der Waals surface area contributed by atoms with Gasteiger partial charge >= 0.3 is 0 Å². The van der Waals surface area contributed by atoms with E-state index in [1.165, 1.54) is 15.6 Å². The number of fused-ring (bicyclic) bond motifs is 1. The van der Waals surface area contributed by atoms with E-state index >= 15 is 0 Å². The second-order valence-corrected chi connectivity index (χ2v) is 4.35. The normalized spacial score (nSPS) is 22.8. The molecule has 12 heavy (non-hydrogen) atoms. The Labute approximate surface area is 81.5 Å². The van der Waals surface area contributed by atoms with E-state index in [0.29, 0.717) is 6.04 Å². The minimum atomic E-state index is 0.567. The predicted octanol–water partition coefficient (Wildman–Crippen LogP) is 2.96. The molecule has 0 saturated heterocycles. The van der Waals surface area contributed by atoms with Crippen molar-refractivity contribution in [3.8, 4) is 0 Å². The van der Waals surface area contributed by atoms with Crippen LogP contribution in [0.3, 0.4) is 0 Å². The van der Waals surface area contributed by atoms with Crippen molar-refractivity contribution in [3.05, 3.63) is 33.8 Å². The fourth-order valence-corrected chi connectivity index (χ4v) is 2.12. The molecule has 2 rings (SSSR count). The molecule has 0 saturated carbocycles. The molecule has 64 valence electrons. The molecule has 2 heteroatoms. The average Bonchev–Trinajstić information content (AvgIpc) is 2.31. The monoisotopic (exact) mass is 225 g/mol. The van der Waals surface area contributed by atoms with Crippen LogP contribution in [-0.4, -0.2) is 11.9 Å². The van der Waals surface area contributed by atoms with Crippen LogP contribution in [0, 0.1) is 0 Å². The Morgan fingerprint density at radius 3 is 3.00 bits per heavy atom. The zero-order chi connectivity index (χ0) is 8.72. The smallest absolute Gasteiger partial charge is 0.0324 e. The first-order valence-electron chi connectivity index (χ1n) is 4.17. The quantitative estimate of drug-likeness (QED) is 0.657. The number of hydrogen-bond acceptors (Lipinski definition) is 1. The van der Waals surface area contributed by atoms with E-state index in [2.05, 4.69) is 53.0 Å². The largest absolute Gasteiger partial charge is 0.295 e. The molecule has 0 spiro atoms. The third kappa shape index (κ3) is 1.19. The van der Waals surface area contributed by atoms with E-state index in [9.17, 15) is 0 Å². The topological polar surface area (TPSA) is 3.24 Å². The number of halogens is 1. The molecule has 0 aliphatic carbocycles. The molecule has 1 heterocycles. The van der Waals surface area contributed by atoms with Gasteiger partial charge in [-0.15, -0.1) is 0 Å². The van der Waals surface area contributed by atoms with Crippen LogP contribution in [0.5, 0.6) is 0 Å². The van der Waals surface area contributed by atoms with E-state index in [1.54, 1.807) is 0 Å². The molecular formula is C10H12BrN. The molecule has 1 aromatic carbocycles. The standard InChI is InChI=1S/C10H12BrN/c1-7-10-5-9(11)4-3-8(10)6-12(7)2/h3-5,7H,6H2,1-2H3. The van der Waals surface area contributed by atoms with Gasteiger partial charge in [-0.3, -0.25) is 4.90 Å². The summed E-state index contributed by atoms with van der Waals surface area (Å²) < 4.78 is 1.18. The van der Waals surface area contributed by atoms with Crippen molar-refractivity contribution in [1.82, 2.24) is 4.90 Å². The number of nitrogens with zero attached hydrogens (tertiary/aromatic N) is 1. The highest BCUT2D eigenvalue weighted by Gasteiger charge is 2.22. The summed E-state index contributed by atoms with van der Waals surface area (Å²) in [5.74, 6) is 0. The maximum absolute atomic E-state index is 3.49. The third-order valence-electron chi connectivity index (χ3n) is 2.64. The van der Waals surface area contributed by atoms with Crippen LogP contribution in [0.4, 0.5) is 0 Å². The summed E-state index contributed by atoms with van der Waals surface area (Å²) in [5.41, 5.74) is 2.93. The summed E-state index contributed by atoms with van der Waals surface area (Å²) in [6, 6.07) is 7.12. The molecule has 0 fully saturated rings. The average molecular weight is 226 g/mol. The van der Waals surface area contributed by atoms with E-state index in [4.69, 9.17) is 0 Å². The Kier molecular flexibility index (Phi) is 1.97. The third-order valence-corrected chi connectivity index (χ3v) is 3.13.